The summed E-state index contributed by atoms with van der Waals surface area (Å²) < 4.78 is 0. The summed E-state index contributed by atoms with van der Waals surface area (Å²) in [5.74, 6) is -0.0625. The zero-order valence-corrected chi connectivity index (χ0v) is 19.3. The average Bonchev–Trinajstić information content (AvgIpc) is 2.84. The molecule has 0 bridgehead atoms. The first kappa shape index (κ1) is 26.6. The Morgan fingerprint density at radius 1 is 0.794 bits per heavy atom. The quantitative estimate of drug-likeness (QED) is 0.214. The molecule has 2 aromatic carbocycles. The highest BCUT2D eigenvalue weighted by atomic mass is 16.3. The number of hydrogen-bond donors (Lipinski definition) is 5. The van der Waals surface area contributed by atoms with Crippen LogP contribution in [0.4, 0.5) is 0 Å². The number of phenolic OH excluding ortho intramolecular Hbond substituents is 2. The van der Waals surface area contributed by atoms with E-state index in [0.29, 0.717) is 26.2 Å². The van der Waals surface area contributed by atoms with Gasteiger partial charge in [0.05, 0.1) is 0 Å². The number of nitrogens with two attached hydrogens (primary N) is 1. The topological polar surface area (TPSA) is 128 Å². The first-order valence-electron chi connectivity index (χ1n) is 11.4. The molecule has 0 aromatic heterocycles. The summed E-state index contributed by atoms with van der Waals surface area (Å²) in [4.78, 5) is 26.6. The molecule has 0 radical (unpaired) electrons. The fraction of sp³-hybridized carbons (Fsp3) is 0.308. The van der Waals surface area contributed by atoms with Crippen molar-refractivity contribution in [2.75, 3.05) is 39.3 Å². The van der Waals surface area contributed by atoms with Crippen molar-refractivity contribution in [2.45, 2.75) is 12.8 Å². The summed E-state index contributed by atoms with van der Waals surface area (Å²) >= 11 is 0. The Morgan fingerprint density at radius 2 is 1.38 bits per heavy atom. The lowest BCUT2D eigenvalue weighted by molar-refractivity contribution is -0.126. The molecule has 0 atom stereocenters. The third kappa shape index (κ3) is 10.8. The highest BCUT2D eigenvalue weighted by molar-refractivity contribution is 5.92. The highest BCUT2D eigenvalue weighted by Gasteiger charge is 2.10. The van der Waals surface area contributed by atoms with Gasteiger partial charge in [-0.2, -0.15) is 0 Å². The number of amides is 2. The number of aromatic hydroxyl groups is 2. The summed E-state index contributed by atoms with van der Waals surface area (Å²) in [7, 11) is 0. The van der Waals surface area contributed by atoms with Crippen LogP contribution in [-0.2, 0) is 9.59 Å². The molecule has 0 saturated carbocycles. The van der Waals surface area contributed by atoms with Crippen LogP contribution in [0, 0.1) is 0 Å². The Balaban J connectivity index is 1.86. The fourth-order valence-electron chi connectivity index (χ4n) is 3.10. The van der Waals surface area contributed by atoms with E-state index in [1.165, 1.54) is 12.2 Å². The normalized spacial score (nSPS) is 11.2. The molecule has 2 amide bonds. The standard InChI is InChI=1S/C26H34N4O4/c27-15-17-28-16-1-2-19-30(26(34)14-8-22-5-11-24(32)12-6-22)20-18-29-25(33)13-7-21-3-9-23(31)10-4-21/h3-14,28,31-32H,1-2,15-20,27H2,(H,29,33)/b13-7+,14-8+. The molecule has 8 heteroatoms. The van der Waals surface area contributed by atoms with Gasteiger partial charge >= 0.3 is 0 Å². The van der Waals surface area contributed by atoms with E-state index in [0.717, 1.165) is 37.1 Å². The number of nitrogens with zero attached hydrogens (tertiary/aromatic N) is 1. The minimum absolute atomic E-state index is 0.142. The van der Waals surface area contributed by atoms with Gasteiger partial charge in [-0.3, -0.25) is 9.59 Å². The summed E-state index contributed by atoms with van der Waals surface area (Å²) in [6, 6.07) is 13.1. The minimum Gasteiger partial charge on any atom is -0.508 e. The molecule has 34 heavy (non-hydrogen) atoms. The van der Waals surface area contributed by atoms with Gasteiger partial charge in [0.15, 0.2) is 0 Å². The van der Waals surface area contributed by atoms with Crippen LogP contribution in [0.5, 0.6) is 11.5 Å². The Morgan fingerprint density at radius 3 is 1.97 bits per heavy atom. The minimum atomic E-state index is -0.258. The molecule has 0 unspecified atom stereocenters. The summed E-state index contributed by atoms with van der Waals surface area (Å²) in [5, 5.41) is 24.7. The third-order valence-corrected chi connectivity index (χ3v) is 4.98. The molecular formula is C26H34N4O4. The van der Waals surface area contributed by atoms with Crippen LogP contribution < -0.4 is 16.4 Å². The number of nitrogens with one attached hydrogen (secondary N) is 2. The largest absolute Gasteiger partial charge is 0.508 e. The van der Waals surface area contributed by atoms with Crippen molar-refractivity contribution in [1.29, 1.82) is 0 Å². The van der Waals surface area contributed by atoms with Gasteiger partial charge in [0.2, 0.25) is 11.8 Å². The van der Waals surface area contributed by atoms with Gasteiger partial charge in [-0.25, -0.2) is 0 Å². The number of phenols is 2. The van der Waals surface area contributed by atoms with Crippen LogP contribution in [0.3, 0.4) is 0 Å². The van der Waals surface area contributed by atoms with Crippen LogP contribution in [0.1, 0.15) is 24.0 Å². The zero-order valence-electron chi connectivity index (χ0n) is 19.3. The number of hydrogen-bond acceptors (Lipinski definition) is 6. The molecule has 0 fully saturated rings. The summed E-state index contributed by atoms with van der Waals surface area (Å²) in [6.07, 6.45) is 8.03. The van der Waals surface area contributed by atoms with E-state index >= 15 is 0 Å². The Kier molecular flexibility index (Phi) is 12.0. The summed E-state index contributed by atoms with van der Waals surface area (Å²) in [5.41, 5.74) is 7.08. The lowest BCUT2D eigenvalue weighted by Gasteiger charge is -2.21. The van der Waals surface area contributed by atoms with E-state index in [1.807, 2.05) is 0 Å². The molecule has 0 aliphatic rings. The lowest BCUT2D eigenvalue weighted by Crippen LogP contribution is -2.38. The van der Waals surface area contributed by atoms with Crippen molar-refractivity contribution in [3.63, 3.8) is 0 Å². The van der Waals surface area contributed by atoms with E-state index in [-0.39, 0.29) is 23.3 Å². The van der Waals surface area contributed by atoms with Crippen LogP contribution in [0.25, 0.3) is 12.2 Å². The maximum absolute atomic E-state index is 12.8. The van der Waals surface area contributed by atoms with E-state index < -0.39 is 0 Å². The summed E-state index contributed by atoms with van der Waals surface area (Å²) in [6.45, 7) is 3.47. The number of benzene rings is 2. The molecule has 0 spiro atoms. The second-order valence-corrected chi connectivity index (χ2v) is 7.71. The Labute approximate surface area is 200 Å². The monoisotopic (exact) mass is 466 g/mol. The second-order valence-electron chi connectivity index (χ2n) is 7.71. The zero-order chi connectivity index (χ0) is 24.6. The van der Waals surface area contributed by atoms with Gasteiger partial charge in [0, 0.05) is 44.9 Å². The van der Waals surface area contributed by atoms with Gasteiger partial charge in [-0.15, -0.1) is 0 Å². The number of rotatable bonds is 14. The molecule has 0 saturated heterocycles. The molecule has 2 aromatic rings. The maximum Gasteiger partial charge on any atom is 0.246 e. The van der Waals surface area contributed by atoms with Gasteiger partial charge < -0.3 is 31.5 Å². The van der Waals surface area contributed by atoms with Gasteiger partial charge in [-0.1, -0.05) is 24.3 Å². The predicted molar refractivity (Wildman–Crippen MR) is 135 cm³/mol. The molecular weight excluding hydrogens is 432 g/mol. The molecule has 182 valence electrons. The molecule has 0 aliphatic heterocycles. The lowest BCUT2D eigenvalue weighted by atomic mass is 10.2. The molecule has 0 heterocycles. The van der Waals surface area contributed by atoms with Crippen molar-refractivity contribution >= 4 is 24.0 Å². The Hall–Kier alpha value is -3.62. The van der Waals surface area contributed by atoms with Crippen molar-refractivity contribution in [3.8, 4) is 11.5 Å². The van der Waals surface area contributed by atoms with E-state index in [1.54, 1.807) is 65.6 Å². The molecule has 8 nitrogen and oxygen atoms in total. The number of carbonyl (C=O) groups excluding carboxylic acids is 2. The smallest absolute Gasteiger partial charge is 0.246 e. The van der Waals surface area contributed by atoms with Crippen molar-refractivity contribution < 1.29 is 19.8 Å². The average molecular weight is 467 g/mol. The van der Waals surface area contributed by atoms with Gasteiger partial charge in [-0.05, 0) is 66.9 Å². The van der Waals surface area contributed by atoms with E-state index in [2.05, 4.69) is 10.6 Å². The first-order chi connectivity index (χ1) is 16.5. The van der Waals surface area contributed by atoms with Crippen LogP contribution in [-0.4, -0.2) is 66.2 Å². The van der Waals surface area contributed by atoms with E-state index in [9.17, 15) is 19.8 Å². The first-order valence-corrected chi connectivity index (χ1v) is 11.4. The SMILES string of the molecule is NCCNCCCCN(CCNC(=O)/C=C/c1ccc(O)cc1)C(=O)/C=C/c1ccc(O)cc1. The van der Waals surface area contributed by atoms with Crippen molar-refractivity contribution in [3.05, 3.63) is 71.8 Å². The van der Waals surface area contributed by atoms with Crippen molar-refractivity contribution in [2.24, 2.45) is 5.73 Å². The van der Waals surface area contributed by atoms with Crippen molar-refractivity contribution in [1.82, 2.24) is 15.5 Å². The Bertz CT molecular complexity index is 940. The van der Waals surface area contributed by atoms with Crippen LogP contribution in [0.15, 0.2) is 60.7 Å². The van der Waals surface area contributed by atoms with Crippen LogP contribution >= 0.6 is 0 Å². The van der Waals surface area contributed by atoms with Gasteiger partial charge in [0.1, 0.15) is 11.5 Å². The highest BCUT2D eigenvalue weighted by Crippen LogP contribution is 2.12. The predicted octanol–water partition coefficient (Wildman–Crippen LogP) is 2.10. The third-order valence-electron chi connectivity index (χ3n) is 4.98. The molecule has 0 aliphatic carbocycles. The van der Waals surface area contributed by atoms with Gasteiger partial charge in [0.25, 0.3) is 0 Å². The number of carbonyl (C=O) groups is 2. The fourth-order valence-corrected chi connectivity index (χ4v) is 3.10. The second kappa shape index (κ2) is 15.3. The number of unbranched alkanes of at least 4 members (excludes halogenated alkanes) is 1. The van der Waals surface area contributed by atoms with Crippen LogP contribution in [0.2, 0.25) is 0 Å². The maximum atomic E-state index is 12.8. The molecule has 2 rings (SSSR count). The van der Waals surface area contributed by atoms with E-state index in [4.69, 9.17) is 5.73 Å². The molecule has 6 N–H and O–H groups in total.